The van der Waals surface area contributed by atoms with Crippen LogP contribution in [0.2, 0.25) is 0 Å². The molecule has 0 aliphatic heterocycles. The van der Waals surface area contributed by atoms with E-state index in [-0.39, 0.29) is 0 Å². The van der Waals surface area contributed by atoms with Gasteiger partial charge in [0.15, 0.2) is 0 Å². The van der Waals surface area contributed by atoms with Crippen LogP contribution in [-0.2, 0) is 12.7 Å². The van der Waals surface area contributed by atoms with Gasteiger partial charge in [-0.15, -0.1) is 0 Å². The highest BCUT2D eigenvalue weighted by atomic mass is 19.4. The van der Waals surface area contributed by atoms with Gasteiger partial charge in [0.2, 0.25) is 0 Å². The normalized spacial score (nSPS) is 11.8. The second kappa shape index (κ2) is 6.20. The van der Waals surface area contributed by atoms with Crippen LogP contribution in [0.1, 0.15) is 31.7 Å². The fraction of sp³-hybridized carbons (Fsp3) is 0.400. The lowest BCUT2D eigenvalue weighted by molar-refractivity contribution is -0.137. The average molecular weight is 298 g/mol. The SMILES string of the molecule is CCCCCn1cc(-c2ccc(C(F)(F)F)cc2O)cn1. The highest BCUT2D eigenvalue weighted by Gasteiger charge is 2.31. The molecule has 1 aromatic heterocycles. The Hall–Kier alpha value is -1.98. The number of phenolic OH excluding ortho intramolecular Hbond substituents is 1. The summed E-state index contributed by atoms with van der Waals surface area (Å²) in [5, 5.41) is 14.0. The van der Waals surface area contributed by atoms with Gasteiger partial charge in [-0.05, 0) is 24.6 Å². The van der Waals surface area contributed by atoms with E-state index in [2.05, 4.69) is 12.0 Å². The number of aryl methyl sites for hydroxylation is 1. The van der Waals surface area contributed by atoms with Gasteiger partial charge < -0.3 is 5.11 Å². The number of nitrogens with zero attached hydrogens (tertiary/aromatic N) is 2. The zero-order valence-electron chi connectivity index (χ0n) is 11.7. The standard InChI is InChI=1S/C15H17F3N2O/c1-2-3-4-7-20-10-11(9-19-20)13-6-5-12(8-14(13)21)15(16,17)18/h5-6,8-10,21H,2-4,7H2,1H3. The molecule has 0 saturated heterocycles. The van der Waals surface area contributed by atoms with Crippen LogP contribution in [0, 0.1) is 0 Å². The van der Waals surface area contributed by atoms with Crippen LogP contribution < -0.4 is 0 Å². The van der Waals surface area contributed by atoms with E-state index in [1.54, 1.807) is 17.1 Å². The Kier molecular flexibility index (Phi) is 4.55. The number of phenols is 1. The first-order valence-electron chi connectivity index (χ1n) is 6.85. The van der Waals surface area contributed by atoms with Crippen molar-refractivity contribution in [1.82, 2.24) is 9.78 Å². The van der Waals surface area contributed by atoms with Crippen molar-refractivity contribution in [2.24, 2.45) is 0 Å². The maximum atomic E-state index is 12.6. The van der Waals surface area contributed by atoms with E-state index in [9.17, 15) is 18.3 Å². The van der Waals surface area contributed by atoms with Gasteiger partial charge in [-0.2, -0.15) is 18.3 Å². The minimum atomic E-state index is -4.46. The van der Waals surface area contributed by atoms with Crippen LogP contribution in [-0.4, -0.2) is 14.9 Å². The summed E-state index contributed by atoms with van der Waals surface area (Å²) in [4.78, 5) is 0. The third-order valence-corrected chi connectivity index (χ3v) is 3.26. The molecule has 0 radical (unpaired) electrons. The lowest BCUT2D eigenvalue weighted by atomic mass is 10.1. The highest BCUT2D eigenvalue weighted by molar-refractivity contribution is 5.69. The molecule has 0 aliphatic rings. The van der Waals surface area contributed by atoms with Crippen molar-refractivity contribution in [2.45, 2.75) is 38.9 Å². The fourth-order valence-electron chi connectivity index (χ4n) is 2.10. The molecular formula is C15H17F3N2O. The Bertz CT molecular complexity index is 605. The Morgan fingerprint density at radius 3 is 2.62 bits per heavy atom. The van der Waals surface area contributed by atoms with Gasteiger partial charge in [-0.3, -0.25) is 4.68 Å². The van der Waals surface area contributed by atoms with Gasteiger partial charge in [0.1, 0.15) is 5.75 Å². The summed E-state index contributed by atoms with van der Waals surface area (Å²) in [6.07, 6.45) is 2.03. The topological polar surface area (TPSA) is 38.0 Å². The Labute approximate surface area is 121 Å². The summed E-state index contributed by atoms with van der Waals surface area (Å²) in [5.74, 6) is -0.391. The molecule has 0 unspecified atom stereocenters. The van der Waals surface area contributed by atoms with Crippen LogP contribution in [0.5, 0.6) is 5.75 Å². The van der Waals surface area contributed by atoms with E-state index < -0.39 is 17.5 Å². The first kappa shape index (κ1) is 15.4. The minimum Gasteiger partial charge on any atom is -0.507 e. The highest BCUT2D eigenvalue weighted by Crippen LogP contribution is 2.36. The van der Waals surface area contributed by atoms with Crippen molar-refractivity contribution in [3.63, 3.8) is 0 Å². The molecule has 0 fully saturated rings. The maximum absolute atomic E-state index is 12.6. The number of hydrogen-bond acceptors (Lipinski definition) is 2. The van der Waals surface area contributed by atoms with Crippen LogP contribution in [0.3, 0.4) is 0 Å². The number of hydrogen-bond donors (Lipinski definition) is 1. The summed E-state index contributed by atoms with van der Waals surface area (Å²) in [6.45, 7) is 2.87. The summed E-state index contributed by atoms with van der Waals surface area (Å²) >= 11 is 0. The monoisotopic (exact) mass is 298 g/mol. The van der Waals surface area contributed by atoms with E-state index in [1.165, 1.54) is 6.07 Å². The minimum absolute atomic E-state index is 0.352. The van der Waals surface area contributed by atoms with Crippen molar-refractivity contribution in [3.05, 3.63) is 36.2 Å². The molecular weight excluding hydrogens is 281 g/mol. The third kappa shape index (κ3) is 3.77. The summed E-state index contributed by atoms with van der Waals surface area (Å²) in [6, 6.07) is 2.97. The molecule has 1 heterocycles. The van der Waals surface area contributed by atoms with Crippen LogP contribution >= 0.6 is 0 Å². The molecule has 21 heavy (non-hydrogen) atoms. The van der Waals surface area contributed by atoms with Crippen molar-refractivity contribution >= 4 is 0 Å². The Morgan fingerprint density at radius 2 is 2.00 bits per heavy atom. The smallest absolute Gasteiger partial charge is 0.416 e. The van der Waals surface area contributed by atoms with Gasteiger partial charge in [0, 0.05) is 23.9 Å². The molecule has 0 spiro atoms. The summed E-state index contributed by atoms with van der Waals surface area (Å²) in [7, 11) is 0. The molecule has 114 valence electrons. The second-order valence-electron chi connectivity index (χ2n) is 4.93. The number of benzene rings is 1. The first-order valence-corrected chi connectivity index (χ1v) is 6.85. The van der Waals surface area contributed by atoms with E-state index >= 15 is 0 Å². The number of unbranched alkanes of at least 4 members (excludes halogenated alkanes) is 2. The number of rotatable bonds is 5. The second-order valence-corrected chi connectivity index (χ2v) is 4.93. The zero-order chi connectivity index (χ0) is 15.5. The summed E-state index contributed by atoms with van der Waals surface area (Å²) < 4.78 is 39.4. The number of aromatic hydroxyl groups is 1. The van der Waals surface area contributed by atoms with Crippen LogP contribution in [0.15, 0.2) is 30.6 Å². The maximum Gasteiger partial charge on any atom is 0.416 e. The van der Waals surface area contributed by atoms with E-state index in [0.29, 0.717) is 11.1 Å². The molecule has 0 aliphatic carbocycles. The molecule has 0 atom stereocenters. The largest absolute Gasteiger partial charge is 0.507 e. The lowest BCUT2D eigenvalue weighted by Gasteiger charge is -2.09. The molecule has 6 heteroatoms. The van der Waals surface area contributed by atoms with Gasteiger partial charge in [-0.1, -0.05) is 19.8 Å². The van der Waals surface area contributed by atoms with Crippen LogP contribution in [0.25, 0.3) is 11.1 Å². The molecule has 0 amide bonds. The summed E-state index contributed by atoms with van der Waals surface area (Å²) in [5.41, 5.74) is 0.0987. The van der Waals surface area contributed by atoms with Crippen LogP contribution in [0.4, 0.5) is 13.2 Å². The number of aromatic nitrogens is 2. The van der Waals surface area contributed by atoms with Crippen molar-refractivity contribution in [3.8, 4) is 16.9 Å². The van der Waals surface area contributed by atoms with Gasteiger partial charge in [0.05, 0.1) is 11.8 Å². The number of alkyl halides is 3. The predicted octanol–water partition coefficient (Wildman–Crippen LogP) is 4.46. The van der Waals surface area contributed by atoms with E-state index in [0.717, 1.165) is 37.9 Å². The first-order chi connectivity index (χ1) is 9.91. The quantitative estimate of drug-likeness (QED) is 0.827. The lowest BCUT2D eigenvalue weighted by Crippen LogP contribution is -2.04. The van der Waals surface area contributed by atoms with E-state index in [4.69, 9.17) is 0 Å². The average Bonchev–Trinajstić information content (AvgIpc) is 2.86. The Balaban J connectivity index is 2.19. The number of halogens is 3. The third-order valence-electron chi connectivity index (χ3n) is 3.26. The van der Waals surface area contributed by atoms with Gasteiger partial charge in [-0.25, -0.2) is 0 Å². The molecule has 0 bridgehead atoms. The fourth-order valence-corrected chi connectivity index (χ4v) is 2.10. The molecule has 0 saturated carbocycles. The molecule has 1 N–H and O–H groups in total. The Morgan fingerprint density at radius 1 is 1.24 bits per heavy atom. The van der Waals surface area contributed by atoms with E-state index in [1.807, 2.05) is 0 Å². The van der Waals surface area contributed by atoms with Crippen molar-refractivity contribution in [1.29, 1.82) is 0 Å². The molecule has 3 nitrogen and oxygen atoms in total. The van der Waals surface area contributed by atoms with Gasteiger partial charge >= 0.3 is 6.18 Å². The molecule has 2 rings (SSSR count). The zero-order valence-corrected chi connectivity index (χ0v) is 11.7. The van der Waals surface area contributed by atoms with Crippen molar-refractivity contribution in [2.75, 3.05) is 0 Å². The molecule has 2 aromatic rings. The van der Waals surface area contributed by atoms with Gasteiger partial charge in [0.25, 0.3) is 0 Å². The predicted molar refractivity (Wildman–Crippen MR) is 73.9 cm³/mol. The molecule has 1 aromatic carbocycles. The van der Waals surface area contributed by atoms with Crippen molar-refractivity contribution < 1.29 is 18.3 Å².